The van der Waals surface area contributed by atoms with Crippen molar-refractivity contribution in [1.29, 1.82) is 0 Å². The lowest BCUT2D eigenvalue weighted by molar-refractivity contribution is -0.137. The summed E-state index contributed by atoms with van der Waals surface area (Å²) in [4.78, 5) is 25.8. The van der Waals surface area contributed by atoms with Crippen molar-refractivity contribution in [3.63, 3.8) is 0 Å². The third kappa shape index (κ3) is 5.07. The van der Waals surface area contributed by atoms with Crippen molar-refractivity contribution >= 4 is 17.5 Å². The van der Waals surface area contributed by atoms with Gasteiger partial charge in [0.05, 0.1) is 5.56 Å². The Morgan fingerprint density at radius 1 is 1.21 bits per heavy atom. The zero-order valence-electron chi connectivity index (χ0n) is 16.0. The number of carbonyl (C=O) groups is 2. The van der Waals surface area contributed by atoms with Gasteiger partial charge in [-0.05, 0) is 35.9 Å². The number of alkyl halides is 3. The first-order valence-corrected chi connectivity index (χ1v) is 9.14. The van der Waals surface area contributed by atoms with Crippen molar-refractivity contribution in [3.8, 4) is 5.75 Å². The molecular weight excluding hydrogens is 385 g/mol. The SMILES string of the molecule is CC(C)C(=O)Nc1ccc2c(c1)CN(Cc1cccc(C(F)(F)F)c1)C(=O)CO2. The third-order valence-corrected chi connectivity index (χ3v) is 4.55. The van der Waals surface area contributed by atoms with Gasteiger partial charge in [0, 0.05) is 30.3 Å². The molecule has 0 radical (unpaired) electrons. The molecule has 2 amide bonds. The van der Waals surface area contributed by atoms with E-state index in [0.717, 1.165) is 12.1 Å². The molecule has 0 saturated carbocycles. The average molecular weight is 406 g/mol. The van der Waals surface area contributed by atoms with Crippen LogP contribution in [0.4, 0.5) is 18.9 Å². The summed E-state index contributed by atoms with van der Waals surface area (Å²) in [6, 6.07) is 9.99. The first-order valence-electron chi connectivity index (χ1n) is 9.14. The largest absolute Gasteiger partial charge is 0.483 e. The maximum absolute atomic E-state index is 13.0. The summed E-state index contributed by atoms with van der Waals surface area (Å²) in [6.45, 7) is 3.53. The van der Waals surface area contributed by atoms with Crippen molar-refractivity contribution in [3.05, 3.63) is 59.2 Å². The summed E-state index contributed by atoms with van der Waals surface area (Å²) in [5.41, 5.74) is 0.859. The van der Waals surface area contributed by atoms with Gasteiger partial charge in [-0.2, -0.15) is 13.2 Å². The molecule has 0 spiro atoms. The summed E-state index contributed by atoms with van der Waals surface area (Å²) in [7, 11) is 0. The zero-order valence-corrected chi connectivity index (χ0v) is 16.0. The van der Waals surface area contributed by atoms with Crippen LogP contribution in [0.5, 0.6) is 5.75 Å². The minimum Gasteiger partial charge on any atom is -0.483 e. The van der Waals surface area contributed by atoms with E-state index in [1.165, 1.54) is 11.0 Å². The fourth-order valence-corrected chi connectivity index (χ4v) is 2.94. The topological polar surface area (TPSA) is 58.6 Å². The van der Waals surface area contributed by atoms with Gasteiger partial charge in [0.1, 0.15) is 5.75 Å². The van der Waals surface area contributed by atoms with Crippen LogP contribution in [0.15, 0.2) is 42.5 Å². The molecule has 8 heteroatoms. The summed E-state index contributed by atoms with van der Waals surface area (Å²) in [5.74, 6) is -0.153. The number of nitrogens with zero attached hydrogens (tertiary/aromatic N) is 1. The number of benzene rings is 2. The number of halogens is 3. The van der Waals surface area contributed by atoms with E-state index in [9.17, 15) is 22.8 Å². The van der Waals surface area contributed by atoms with Crippen LogP contribution in [0.3, 0.4) is 0 Å². The molecular formula is C21H21F3N2O3. The summed E-state index contributed by atoms with van der Waals surface area (Å²) >= 11 is 0. The molecule has 0 atom stereocenters. The molecule has 0 aliphatic carbocycles. The fourth-order valence-electron chi connectivity index (χ4n) is 2.94. The number of hydrogen-bond donors (Lipinski definition) is 1. The van der Waals surface area contributed by atoms with Gasteiger partial charge in [0.15, 0.2) is 6.61 Å². The minimum atomic E-state index is -4.45. The van der Waals surface area contributed by atoms with Crippen LogP contribution in [-0.2, 0) is 28.9 Å². The van der Waals surface area contributed by atoms with Gasteiger partial charge in [0.2, 0.25) is 5.91 Å². The molecule has 0 unspecified atom stereocenters. The van der Waals surface area contributed by atoms with Crippen LogP contribution in [-0.4, -0.2) is 23.3 Å². The van der Waals surface area contributed by atoms with Crippen LogP contribution in [0.2, 0.25) is 0 Å². The van der Waals surface area contributed by atoms with E-state index in [-0.39, 0.29) is 37.4 Å². The van der Waals surface area contributed by atoms with Crippen LogP contribution in [0.25, 0.3) is 0 Å². The zero-order chi connectivity index (χ0) is 21.2. The Morgan fingerprint density at radius 3 is 2.66 bits per heavy atom. The first kappa shape index (κ1) is 20.7. The molecule has 29 heavy (non-hydrogen) atoms. The van der Waals surface area contributed by atoms with Crippen LogP contribution in [0, 0.1) is 5.92 Å². The van der Waals surface area contributed by atoms with Gasteiger partial charge in [0.25, 0.3) is 5.91 Å². The Balaban J connectivity index is 1.82. The van der Waals surface area contributed by atoms with Crippen LogP contribution < -0.4 is 10.1 Å². The van der Waals surface area contributed by atoms with Crippen molar-refractivity contribution in [2.45, 2.75) is 33.1 Å². The van der Waals surface area contributed by atoms with Gasteiger partial charge >= 0.3 is 6.18 Å². The lowest BCUT2D eigenvalue weighted by atomic mass is 10.1. The molecule has 1 heterocycles. The van der Waals surface area contributed by atoms with E-state index in [0.29, 0.717) is 22.6 Å². The highest BCUT2D eigenvalue weighted by Crippen LogP contribution is 2.31. The Kier molecular flexibility index (Phi) is 5.81. The summed E-state index contributed by atoms with van der Waals surface area (Å²) < 4.78 is 44.4. The highest BCUT2D eigenvalue weighted by atomic mass is 19.4. The summed E-state index contributed by atoms with van der Waals surface area (Å²) in [5, 5.41) is 2.79. The van der Waals surface area contributed by atoms with Gasteiger partial charge in [-0.25, -0.2) is 0 Å². The number of fused-ring (bicyclic) bond motifs is 1. The maximum atomic E-state index is 13.0. The highest BCUT2D eigenvalue weighted by Gasteiger charge is 2.31. The Hall–Kier alpha value is -3.03. The monoisotopic (exact) mass is 406 g/mol. The van der Waals surface area contributed by atoms with Crippen molar-refractivity contribution < 1.29 is 27.5 Å². The molecule has 154 valence electrons. The molecule has 3 rings (SSSR count). The van der Waals surface area contributed by atoms with E-state index in [1.54, 1.807) is 38.1 Å². The summed E-state index contributed by atoms with van der Waals surface area (Å²) in [6.07, 6.45) is -4.45. The molecule has 0 bridgehead atoms. The number of anilines is 1. The van der Waals surface area contributed by atoms with Crippen LogP contribution >= 0.6 is 0 Å². The molecule has 0 saturated heterocycles. The highest BCUT2D eigenvalue weighted by molar-refractivity contribution is 5.92. The smallest absolute Gasteiger partial charge is 0.416 e. The predicted molar refractivity (Wildman–Crippen MR) is 101 cm³/mol. The Morgan fingerprint density at radius 2 is 1.97 bits per heavy atom. The quantitative estimate of drug-likeness (QED) is 0.827. The van der Waals surface area contributed by atoms with Gasteiger partial charge in [-0.1, -0.05) is 26.0 Å². The molecule has 2 aromatic rings. The van der Waals surface area contributed by atoms with Crippen molar-refractivity contribution in [2.24, 2.45) is 5.92 Å². The number of carbonyl (C=O) groups excluding carboxylic acids is 2. The molecule has 2 aromatic carbocycles. The number of nitrogens with one attached hydrogen (secondary N) is 1. The lowest BCUT2D eigenvalue weighted by Gasteiger charge is -2.21. The number of amides is 2. The first-order chi connectivity index (χ1) is 13.6. The number of rotatable bonds is 4. The molecule has 5 nitrogen and oxygen atoms in total. The van der Waals surface area contributed by atoms with Gasteiger partial charge < -0.3 is 15.0 Å². The lowest BCUT2D eigenvalue weighted by Crippen LogP contribution is -2.32. The second-order valence-corrected chi connectivity index (χ2v) is 7.20. The molecule has 0 aromatic heterocycles. The van der Waals surface area contributed by atoms with E-state index < -0.39 is 11.7 Å². The predicted octanol–water partition coefficient (Wildman–Crippen LogP) is 4.22. The molecule has 1 aliphatic rings. The van der Waals surface area contributed by atoms with E-state index >= 15 is 0 Å². The average Bonchev–Trinajstić information content (AvgIpc) is 2.80. The van der Waals surface area contributed by atoms with Gasteiger partial charge in [-0.15, -0.1) is 0 Å². The van der Waals surface area contributed by atoms with E-state index in [2.05, 4.69) is 5.32 Å². The van der Waals surface area contributed by atoms with Crippen molar-refractivity contribution in [1.82, 2.24) is 4.90 Å². The fraction of sp³-hybridized carbons (Fsp3) is 0.333. The third-order valence-electron chi connectivity index (χ3n) is 4.55. The van der Waals surface area contributed by atoms with Crippen LogP contribution in [0.1, 0.15) is 30.5 Å². The van der Waals surface area contributed by atoms with E-state index in [1.807, 2.05) is 0 Å². The normalized spacial score (nSPS) is 14.3. The molecule has 1 N–H and O–H groups in total. The minimum absolute atomic E-state index is 0.0220. The van der Waals surface area contributed by atoms with Gasteiger partial charge in [-0.3, -0.25) is 9.59 Å². The standard InChI is InChI=1S/C21H21F3N2O3/c1-13(2)20(28)25-17-6-7-18-15(9-17)11-26(19(27)12-29-18)10-14-4-3-5-16(8-14)21(22,23)24/h3-9,13H,10-12H2,1-2H3,(H,25,28). The Labute approximate surface area is 166 Å². The molecule has 0 fully saturated rings. The maximum Gasteiger partial charge on any atom is 0.416 e. The molecule has 1 aliphatic heterocycles. The number of ether oxygens (including phenoxy) is 1. The number of hydrogen-bond acceptors (Lipinski definition) is 3. The van der Waals surface area contributed by atoms with Crippen molar-refractivity contribution in [2.75, 3.05) is 11.9 Å². The Bertz CT molecular complexity index is 926. The van der Waals surface area contributed by atoms with E-state index in [4.69, 9.17) is 4.74 Å². The second-order valence-electron chi connectivity index (χ2n) is 7.20. The second kappa shape index (κ2) is 8.14.